The number of alkyl halides is 2. The molecule has 0 aliphatic carbocycles. The summed E-state index contributed by atoms with van der Waals surface area (Å²) in [5, 5.41) is 12.3. The average molecular weight is 355 g/mol. The fourth-order valence-electron chi connectivity index (χ4n) is 2.49. The molecular formula is C17H23F2N3O3. The Morgan fingerprint density at radius 3 is 2.80 bits per heavy atom. The van der Waals surface area contributed by atoms with Crippen molar-refractivity contribution in [2.75, 3.05) is 13.1 Å². The molecular weight excluding hydrogens is 332 g/mol. The molecule has 0 aromatic carbocycles. The molecule has 138 valence electrons. The number of nitrogens with zero attached hydrogens (tertiary/aromatic N) is 2. The topological polar surface area (TPSA) is 78.6 Å². The van der Waals surface area contributed by atoms with E-state index in [1.54, 1.807) is 0 Å². The van der Waals surface area contributed by atoms with Crippen LogP contribution in [-0.2, 0) is 6.61 Å². The number of amides is 1. The molecule has 1 aliphatic rings. The average Bonchev–Trinajstić information content (AvgIpc) is 3.04. The number of aromatic nitrogens is 1. The summed E-state index contributed by atoms with van der Waals surface area (Å²) >= 11 is 0. The van der Waals surface area contributed by atoms with Gasteiger partial charge < -0.3 is 19.7 Å². The molecule has 2 N–H and O–H groups in total. The van der Waals surface area contributed by atoms with E-state index in [0.29, 0.717) is 19.5 Å². The van der Waals surface area contributed by atoms with Crippen LogP contribution in [0.3, 0.4) is 0 Å². The van der Waals surface area contributed by atoms with E-state index in [9.17, 15) is 13.6 Å². The Labute approximate surface area is 145 Å². The van der Waals surface area contributed by atoms with E-state index in [1.807, 2.05) is 20.0 Å². The molecule has 25 heavy (non-hydrogen) atoms. The number of carbonyl (C=O) groups excluding carboxylic acids is 1. The summed E-state index contributed by atoms with van der Waals surface area (Å²) < 4.78 is 31.1. The van der Waals surface area contributed by atoms with Gasteiger partial charge in [-0.15, -0.1) is 0 Å². The van der Waals surface area contributed by atoms with Crippen molar-refractivity contribution < 1.29 is 23.1 Å². The second-order valence-electron chi connectivity index (χ2n) is 6.00. The molecule has 0 fully saturated rings. The Balaban J connectivity index is 2.15. The van der Waals surface area contributed by atoms with Gasteiger partial charge in [0.1, 0.15) is 6.61 Å². The number of rotatable bonds is 6. The lowest BCUT2D eigenvalue weighted by Crippen LogP contribution is -2.38. The van der Waals surface area contributed by atoms with E-state index in [-0.39, 0.29) is 5.89 Å². The minimum Gasteiger partial charge on any atom is -0.432 e. The van der Waals surface area contributed by atoms with Crippen LogP contribution in [0.5, 0.6) is 0 Å². The third-order valence-electron chi connectivity index (χ3n) is 4.15. The van der Waals surface area contributed by atoms with Crippen molar-refractivity contribution in [1.82, 2.24) is 15.2 Å². The Hall–Kier alpha value is -2.22. The van der Waals surface area contributed by atoms with Gasteiger partial charge in [-0.1, -0.05) is 12.5 Å². The molecule has 0 bridgehead atoms. The van der Waals surface area contributed by atoms with E-state index >= 15 is 0 Å². The second-order valence-corrected chi connectivity index (χ2v) is 6.00. The van der Waals surface area contributed by atoms with Crippen molar-refractivity contribution in [1.29, 1.82) is 0 Å². The number of oxazole rings is 1. The van der Waals surface area contributed by atoms with Crippen LogP contribution in [0.4, 0.5) is 8.78 Å². The van der Waals surface area contributed by atoms with Crippen LogP contribution in [0.2, 0.25) is 0 Å². The van der Waals surface area contributed by atoms with Crippen LogP contribution in [0.25, 0.3) is 0 Å². The van der Waals surface area contributed by atoms with Crippen molar-refractivity contribution in [2.45, 2.75) is 46.6 Å². The largest absolute Gasteiger partial charge is 0.432 e. The van der Waals surface area contributed by atoms with Gasteiger partial charge in [-0.25, -0.2) is 13.8 Å². The SMILES string of the molecule is CCC(C)=CNC1=C(C)CN(C(=O)c2oc(CO)nc2C(F)F)CC1. The fraction of sp³-hybridized carbons (Fsp3) is 0.529. The monoisotopic (exact) mass is 355 g/mol. The molecule has 0 unspecified atom stereocenters. The number of hydrogen-bond donors (Lipinski definition) is 2. The lowest BCUT2D eigenvalue weighted by molar-refractivity contribution is 0.0710. The molecule has 8 heteroatoms. The van der Waals surface area contributed by atoms with Crippen molar-refractivity contribution in [2.24, 2.45) is 0 Å². The van der Waals surface area contributed by atoms with Crippen molar-refractivity contribution in [3.05, 3.63) is 40.4 Å². The lowest BCUT2D eigenvalue weighted by atomic mass is 10.1. The number of aliphatic hydroxyl groups excluding tert-OH is 1. The van der Waals surface area contributed by atoms with E-state index in [2.05, 4.69) is 17.2 Å². The summed E-state index contributed by atoms with van der Waals surface area (Å²) in [6.45, 7) is 6.05. The number of allylic oxidation sites excluding steroid dienone is 1. The van der Waals surface area contributed by atoms with E-state index in [0.717, 1.165) is 17.7 Å². The molecule has 0 atom stereocenters. The van der Waals surface area contributed by atoms with Crippen LogP contribution in [0, 0.1) is 0 Å². The number of hydrogen-bond acceptors (Lipinski definition) is 5. The normalized spacial score (nSPS) is 16.0. The molecule has 1 aromatic heterocycles. The lowest BCUT2D eigenvalue weighted by Gasteiger charge is -2.29. The summed E-state index contributed by atoms with van der Waals surface area (Å²) in [4.78, 5) is 17.5. The quantitative estimate of drug-likeness (QED) is 0.820. The number of aliphatic hydroxyl groups is 1. The molecule has 0 saturated carbocycles. The summed E-state index contributed by atoms with van der Waals surface area (Å²) in [6.07, 6.45) is 0.536. The highest BCUT2D eigenvalue weighted by molar-refractivity contribution is 5.93. The van der Waals surface area contributed by atoms with Gasteiger partial charge in [-0.2, -0.15) is 0 Å². The first-order valence-corrected chi connectivity index (χ1v) is 8.16. The highest BCUT2D eigenvalue weighted by Gasteiger charge is 2.31. The van der Waals surface area contributed by atoms with Crippen molar-refractivity contribution in [3.63, 3.8) is 0 Å². The molecule has 2 rings (SSSR count). The molecule has 0 saturated heterocycles. The molecule has 6 nitrogen and oxygen atoms in total. The van der Waals surface area contributed by atoms with Crippen molar-refractivity contribution in [3.8, 4) is 0 Å². The summed E-state index contributed by atoms with van der Waals surface area (Å²) in [5.41, 5.74) is 2.47. The maximum absolute atomic E-state index is 13.1. The minimum absolute atomic E-state index is 0.287. The zero-order chi connectivity index (χ0) is 18.6. The summed E-state index contributed by atoms with van der Waals surface area (Å²) in [6, 6.07) is 0. The van der Waals surface area contributed by atoms with Crippen LogP contribution >= 0.6 is 0 Å². The fourth-order valence-corrected chi connectivity index (χ4v) is 2.49. The second kappa shape index (κ2) is 8.24. The molecule has 0 spiro atoms. The standard InChI is InChI=1S/C17H23F2N3O3/c1-4-10(2)7-20-12-5-6-22(8-11(12)3)17(24)15-14(16(18)19)21-13(9-23)25-15/h7,16,20,23H,4-6,8-9H2,1-3H3. The van der Waals surface area contributed by atoms with Crippen LogP contribution < -0.4 is 5.32 Å². The smallest absolute Gasteiger partial charge is 0.292 e. The molecule has 1 aromatic rings. The highest BCUT2D eigenvalue weighted by Crippen LogP contribution is 2.26. The van der Waals surface area contributed by atoms with Gasteiger partial charge in [-0.05, 0) is 32.0 Å². The third kappa shape index (κ3) is 4.45. The first-order chi connectivity index (χ1) is 11.9. The summed E-state index contributed by atoms with van der Waals surface area (Å²) in [5.74, 6) is -1.42. The van der Waals surface area contributed by atoms with Gasteiger partial charge >= 0.3 is 0 Å². The van der Waals surface area contributed by atoms with E-state index < -0.39 is 30.4 Å². The first-order valence-electron chi connectivity index (χ1n) is 8.16. The number of nitrogens with one attached hydrogen (secondary N) is 1. The zero-order valence-electron chi connectivity index (χ0n) is 14.6. The van der Waals surface area contributed by atoms with Gasteiger partial charge in [0.15, 0.2) is 5.69 Å². The maximum Gasteiger partial charge on any atom is 0.292 e. The van der Waals surface area contributed by atoms with Crippen LogP contribution in [-0.4, -0.2) is 34.0 Å². The molecule has 0 radical (unpaired) electrons. The first kappa shape index (κ1) is 19.1. The van der Waals surface area contributed by atoms with Crippen LogP contribution in [0.15, 0.2) is 27.5 Å². The Morgan fingerprint density at radius 2 is 2.24 bits per heavy atom. The molecule has 1 amide bonds. The zero-order valence-corrected chi connectivity index (χ0v) is 14.6. The maximum atomic E-state index is 13.1. The number of carbonyl (C=O) groups is 1. The molecule has 2 heterocycles. The third-order valence-corrected chi connectivity index (χ3v) is 4.15. The minimum atomic E-state index is -2.94. The van der Waals surface area contributed by atoms with Crippen LogP contribution in [0.1, 0.15) is 62.2 Å². The Morgan fingerprint density at radius 1 is 1.52 bits per heavy atom. The number of halogens is 2. The van der Waals surface area contributed by atoms with Gasteiger partial charge in [0.05, 0.1) is 0 Å². The van der Waals surface area contributed by atoms with E-state index in [4.69, 9.17) is 9.52 Å². The Kier molecular flexibility index (Phi) is 6.30. The highest BCUT2D eigenvalue weighted by atomic mass is 19.3. The van der Waals surface area contributed by atoms with Crippen molar-refractivity contribution >= 4 is 5.91 Å². The molecule has 1 aliphatic heterocycles. The van der Waals surface area contributed by atoms with Gasteiger partial charge in [0.25, 0.3) is 12.3 Å². The Bertz CT molecular complexity index is 695. The predicted molar refractivity (Wildman–Crippen MR) is 87.8 cm³/mol. The predicted octanol–water partition coefficient (Wildman–Crippen LogP) is 3.13. The van der Waals surface area contributed by atoms with E-state index in [1.165, 1.54) is 10.5 Å². The van der Waals surface area contributed by atoms with Gasteiger partial charge in [0, 0.05) is 25.2 Å². The van der Waals surface area contributed by atoms with Gasteiger partial charge in [-0.3, -0.25) is 4.79 Å². The van der Waals surface area contributed by atoms with Gasteiger partial charge in [0.2, 0.25) is 11.7 Å². The summed E-state index contributed by atoms with van der Waals surface area (Å²) in [7, 11) is 0.